The molecule has 0 unspecified atom stereocenters. The van der Waals surface area contributed by atoms with Gasteiger partial charge in [0.05, 0.1) is 6.61 Å². The van der Waals surface area contributed by atoms with Gasteiger partial charge in [0.25, 0.3) is 5.91 Å². The predicted octanol–water partition coefficient (Wildman–Crippen LogP) is 2.72. The summed E-state index contributed by atoms with van der Waals surface area (Å²) in [5.41, 5.74) is 0.798. The van der Waals surface area contributed by atoms with E-state index in [2.05, 4.69) is 21.2 Å². The minimum absolute atomic E-state index is 0.0820. The molecule has 0 saturated heterocycles. The largest absolute Gasteiger partial charge is 0.457 e. The van der Waals surface area contributed by atoms with E-state index in [4.69, 9.17) is 14.8 Å². The second-order valence-electron chi connectivity index (χ2n) is 4.33. The summed E-state index contributed by atoms with van der Waals surface area (Å²) in [5, 5.41) is 20.1. The maximum Gasteiger partial charge on any atom is 0.262 e. The Labute approximate surface area is 136 Å². The van der Waals surface area contributed by atoms with Gasteiger partial charge in [-0.2, -0.15) is 5.26 Å². The van der Waals surface area contributed by atoms with Crippen LogP contribution in [0, 0.1) is 11.3 Å². The van der Waals surface area contributed by atoms with Crippen molar-refractivity contribution in [2.24, 2.45) is 0 Å². The molecule has 22 heavy (non-hydrogen) atoms. The van der Waals surface area contributed by atoms with E-state index in [1.54, 1.807) is 12.1 Å². The number of hydrogen-bond donors (Lipinski definition) is 2. The Morgan fingerprint density at radius 3 is 2.82 bits per heavy atom. The molecule has 0 aliphatic heterocycles. The molecular weight excluding hydrogens is 348 g/mol. The predicted molar refractivity (Wildman–Crippen MR) is 85.5 cm³/mol. The maximum atomic E-state index is 11.7. The summed E-state index contributed by atoms with van der Waals surface area (Å²) in [6, 6.07) is 12.9. The molecule has 2 N–H and O–H groups in total. The third-order valence-corrected chi connectivity index (χ3v) is 3.51. The van der Waals surface area contributed by atoms with Crippen molar-refractivity contribution in [2.45, 2.75) is 0 Å². The van der Waals surface area contributed by atoms with Crippen LogP contribution in [0.25, 0.3) is 17.4 Å². The Balaban J connectivity index is 2.24. The molecule has 112 valence electrons. The number of nitriles is 1. The third kappa shape index (κ3) is 3.85. The smallest absolute Gasteiger partial charge is 0.262 e. The topological polar surface area (TPSA) is 86.3 Å². The van der Waals surface area contributed by atoms with Crippen molar-refractivity contribution < 1.29 is 14.3 Å². The van der Waals surface area contributed by atoms with Crippen molar-refractivity contribution in [3.63, 3.8) is 0 Å². The lowest BCUT2D eigenvalue weighted by molar-refractivity contribution is -0.117. The molecule has 1 heterocycles. The number of aliphatic hydroxyl groups excluding tert-OH is 1. The van der Waals surface area contributed by atoms with Gasteiger partial charge in [-0.15, -0.1) is 0 Å². The number of carbonyl (C=O) groups excluding carboxylic acids is 1. The molecule has 0 bridgehead atoms. The van der Waals surface area contributed by atoms with Crippen LogP contribution in [0.1, 0.15) is 5.76 Å². The number of aliphatic hydroxyl groups is 1. The first kappa shape index (κ1) is 16.0. The number of halogens is 1. The number of hydrogen-bond acceptors (Lipinski definition) is 4. The van der Waals surface area contributed by atoms with Gasteiger partial charge >= 0.3 is 0 Å². The van der Waals surface area contributed by atoms with Gasteiger partial charge in [0, 0.05) is 22.7 Å². The number of nitrogens with one attached hydrogen (secondary N) is 1. The van der Waals surface area contributed by atoms with Gasteiger partial charge in [0.15, 0.2) is 0 Å². The van der Waals surface area contributed by atoms with Crippen LogP contribution in [0.5, 0.6) is 0 Å². The first-order chi connectivity index (χ1) is 10.7. The van der Waals surface area contributed by atoms with Crippen molar-refractivity contribution >= 4 is 27.9 Å². The molecule has 2 aromatic rings. The van der Waals surface area contributed by atoms with E-state index in [0.29, 0.717) is 11.5 Å². The van der Waals surface area contributed by atoms with Crippen molar-refractivity contribution in [2.75, 3.05) is 13.2 Å². The van der Waals surface area contributed by atoms with Crippen molar-refractivity contribution in [3.05, 3.63) is 52.2 Å². The molecule has 0 radical (unpaired) electrons. The van der Waals surface area contributed by atoms with Gasteiger partial charge < -0.3 is 14.8 Å². The van der Waals surface area contributed by atoms with Gasteiger partial charge in [-0.3, -0.25) is 4.79 Å². The zero-order valence-electron chi connectivity index (χ0n) is 11.5. The van der Waals surface area contributed by atoms with Gasteiger partial charge in [-0.05, 0) is 18.2 Å². The van der Waals surface area contributed by atoms with Crippen molar-refractivity contribution in [1.82, 2.24) is 5.32 Å². The molecule has 5 nitrogen and oxygen atoms in total. The number of furan rings is 1. The van der Waals surface area contributed by atoms with Gasteiger partial charge in [-0.25, -0.2) is 0 Å². The van der Waals surface area contributed by atoms with Crippen molar-refractivity contribution in [1.29, 1.82) is 5.26 Å². The second kappa shape index (κ2) is 7.59. The number of amides is 1. The summed E-state index contributed by atoms with van der Waals surface area (Å²) >= 11 is 3.44. The normalized spacial score (nSPS) is 11.0. The van der Waals surface area contributed by atoms with Gasteiger partial charge in [-0.1, -0.05) is 34.1 Å². The van der Waals surface area contributed by atoms with Crippen LogP contribution < -0.4 is 5.32 Å². The number of carbonyl (C=O) groups is 1. The first-order valence-corrected chi connectivity index (χ1v) is 7.30. The maximum absolute atomic E-state index is 11.7. The summed E-state index contributed by atoms with van der Waals surface area (Å²) in [5.74, 6) is 0.489. The molecule has 0 spiro atoms. The highest BCUT2D eigenvalue weighted by Gasteiger charge is 2.11. The Hall–Kier alpha value is -2.36. The zero-order chi connectivity index (χ0) is 15.9. The standard InChI is InChI=1S/C16H13BrN2O3/c17-14-4-2-1-3-13(14)15-6-5-12(22-15)9-11(10-18)16(21)19-7-8-20/h1-6,9,20H,7-8H2,(H,19,21)/b11-9+. The molecule has 0 fully saturated rings. The average Bonchev–Trinajstić information content (AvgIpc) is 2.99. The zero-order valence-corrected chi connectivity index (χ0v) is 13.1. The third-order valence-electron chi connectivity index (χ3n) is 2.82. The lowest BCUT2D eigenvalue weighted by Crippen LogP contribution is -2.27. The SMILES string of the molecule is N#C/C(=C\c1ccc(-c2ccccc2Br)o1)C(=O)NCCO. The molecule has 2 rings (SSSR count). The quantitative estimate of drug-likeness (QED) is 0.633. The Morgan fingerprint density at radius 2 is 2.14 bits per heavy atom. The van der Waals surface area contributed by atoms with E-state index in [0.717, 1.165) is 10.0 Å². The summed E-state index contributed by atoms with van der Waals surface area (Å²) in [4.78, 5) is 11.7. The highest BCUT2D eigenvalue weighted by Crippen LogP contribution is 2.29. The molecule has 0 saturated carbocycles. The second-order valence-corrected chi connectivity index (χ2v) is 5.19. The number of rotatable bonds is 5. The Kier molecular flexibility index (Phi) is 5.53. The van der Waals surface area contributed by atoms with Crippen molar-refractivity contribution in [3.8, 4) is 17.4 Å². The van der Waals surface area contributed by atoms with E-state index in [-0.39, 0.29) is 18.7 Å². The lowest BCUT2D eigenvalue weighted by atomic mass is 10.2. The first-order valence-electron chi connectivity index (χ1n) is 6.51. The monoisotopic (exact) mass is 360 g/mol. The lowest BCUT2D eigenvalue weighted by Gasteiger charge is -2.01. The number of benzene rings is 1. The molecule has 6 heteroatoms. The van der Waals surface area contributed by atoms with E-state index < -0.39 is 5.91 Å². The van der Waals surface area contributed by atoms with Crippen LogP contribution in [0.3, 0.4) is 0 Å². The van der Waals surface area contributed by atoms with E-state index in [1.807, 2.05) is 30.3 Å². The van der Waals surface area contributed by atoms with Crippen LogP contribution in [0.15, 0.2) is 50.9 Å². The van der Waals surface area contributed by atoms with E-state index >= 15 is 0 Å². The molecular formula is C16H13BrN2O3. The Bertz CT molecular complexity index is 744. The van der Waals surface area contributed by atoms with Crippen LogP contribution in [-0.4, -0.2) is 24.2 Å². The van der Waals surface area contributed by atoms with Gasteiger partial charge in [0.2, 0.25) is 0 Å². The van der Waals surface area contributed by atoms with Gasteiger partial charge in [0.1, 0.15) is 23.2 Å². The summed E-state index contributed by atoms with van der Waals surface area (Å²) in [7, 11) is 0. The van der Waals surface area contributed by atoms with Crippen LogP contribution in [0.2, 0.25) is 0 Å². The minimum atomic E-state index is -0.546. The number of nitrogens with zero attached hydrogens (tertiary/aromatic N) is 1. The summed E-state index contributed by atoms with van der Waals surface area (Å²) in [6.45, 7) is -0.0877. The van der Waals surface area contributed by atoms with Crippen LogP contribution in [0.4, 0.5) is 0 Å². The average molecular weight is 361 g/mol. The molecule has 1 aromatic carbocycles. The highest BCUT2D eigenvalue weighted by atomic mass is 79.9. The molecule has 0 atom stereocenters. The molecule has 0 aliphatic rings. The molecule has 1 amide bonds. The minimum Gasteiger partial charge on any atom is -0.457 e. The fourth-order valence-corrected chi connectivity index (χ4v) is 2.27. The summed E-state index contributed by atoms with van der Waals surface area (Å²) < 4.78 is 6.54. The van der Waals surface area contributed by atoms with E-state index in [1.165, 1.54) is 6.08 Å². The molecule has 0 aliphatic carbocycles. The fourth-order valence-electron chi connectivity index (χ4n) is 1.79. The highest BCUT2D eigenvalue weighted by molar-refractivity contribution is 9.10. The van der Waals surface area contributed by atoms with Crippen LogP contribution >= 0.6 is 15.9 Å². The fraction of sp³-hybridized carbons (Fsp3) is 0.125. The Morgan fingerprint density at radius 1 is 1.36 bits per heavy atom. The molecule has 1 aromatic heterocycles. The summed E-state index contributed by atoms with van der Waals surface area (Å²) in [6.07, 6.45) is 1.37. The van der Waals surface area contributed by atoms with E-state index in [9.17, 15) is 4.79 Å². The van der Waals surface area contributed by atoms with Crippen LogP contribution in [-0.2, 0) is 4.79 Å².